The van der Waals surface area contributed by atoms with Gasteiger partial charge in [-0.05, 0) is 31.9 Å². The van der Waals surface area contributed by atoms with Gasteiger partial charge in [0.05, 0.1) is 17.7 Å². The third-order valence-corrected chi connectivity index (χ3v) is 4.10. The van der Waals surface area contributed by atoms with E-state index in [-0.39, 0.29) is 17.8 Å². The minimum absolute atomic E-state index is 0.114. The van der Waals surface area contributed by atoms with Crippen molar-refractivity contribution in [3.05, 3.63) is 41.6 Å². The van der Waals surface area contributed by atoms with Crippen LogP contribution in [0.5, 0.6) is 0 Å². The molecular weight excluding hydrogens is 243 g/mol. The lowest BCUT2D eigenvalue weighted by atomic mass is 9.69. The summed E-state index contributed by atoms with van der Waals surface area (Å²) in [6, 6.07) is 6.44. The number of aromatic amines is 1. The molecule has 1 saturated carbocycles. The molecule has 3 rings (SSSR count). The van der Waals surface area contributed by atoms with E-state index in [0.29, 0.717) is 0 Å². The van der Waals surface area contributed by atoms with Crippen LogP contribution in [-0.4, -0.2) is 21.7 Å². The van der Waals surface area contributed by atoms with E-state index in [1.165, 1.54) is 12.1 Å². The molecule has 1 fully saturated rings. The number of aryl methyl sites for hydroxylation is 1. The molecule has 1 aliphatic carbocycles. The molecule has 0 unspecified atom stereocenters. The lowest BCUT2D eigenvalue weighted by Crippen LogP contribution is -2.39. The molecule has 0 saturated heterocycles. The predicted molar refractivity (Wildman–Crippen MR) is 71.3 cm³/mol. The standard InChI is InChI=1S/C15H17FN2O/c1-10-13(11-4-2-5-12(16)8-11)18-14(17-10)15(9-19)6-3-7-15/h2,4-5,8,19H,3,6-7,9H2,1H3,(H,17,18). The molecule has 2 aromatic rings. The molecule has 4 heteroatoms. The van der Waals surface area contributed by atoms with Crippen molar-refractivity contribution in [2.24, 2.45) is 0 Å². The van der Waals surface area contributed by atoms with E-state index in [1.807, 2.05) is 13.0 Å². The molecule has 1 heterocycles. The number of imidazole rings is 1. The van der Waals surface area contributed by atoms with Crippen LogP contribution >= 0.6 is 0 Å². The molecule has 0 atom stereocenters. The van der Waals surface area contributed by atoms with Gasteiger partial charge in [0.1, 0.15) is 11.6 Å². The van der Waals surface area contributed by atoms with Crippen molar-refractivity contribution < 1.29 is 9.50 Å². The molecule has 100 valence electrons. The van der Waals surface area contributed by atoms with Gasteiger partial charge in [-0.1, -0.05) is 18.6 Å². The van der Waals surface area contributed by atoms with Crippen LogP contribution in [-0.2, 0) is 5.41 Å². The van der Waals surface area contributed by atoms with E-state index in [4.69, 9.17) is 0 Å². The average Bonchev–Trinajstić information content (AvgIpc) is 2.71. The molecule has 0 amide bonds. The number of nitrogens with zero attached hydrogens (tertiary/aromatic N) is 1. The zero-order chi connectivity index (χ0) is 13.5. The monoisotopic (exact) mass is 260 g/mol. The number of hydrogen-bond donors (Lipinski definition) is 2. The summed E-state index contributed by atoms with van der Waals surface area (Å²) in [6.45, 7) is 2.04. The smallest absolute Gasteiger partial charge is 0.123 e. The van der Waals surface area contributed by atoms with Crippen molar-refractivity contribution in [2.75, 3.05) is 6.61 Å². The van der Waals surface area contributed by atoms with Gasteiger partial charge >= 0.3 is 0 Å². The Hall–Kier alpha value is -1.68. The van der Waals surface area contributed by atoms with E-state index in [2.05, 4.69) is 9.97 Å². The Labute approximate surface area is 111 Å². The van der Waals surface area contributed by atoms with Crippen molar-refractivity contribution in [2.45, 2.75) is 31.6 Å². The Kier molecular flexibility index (Phi) is 2.90. The summed E-state index contributed by atoms with van der Waals surface area (Å²) in [5.74, 6) is 0.569. The van der Waals surface area contributed by atoms with Crippen LogP contribution in [0, 0.1) is 12.7 Å². The molecule has 0 spiro atoms. The summed E-state index contributed by atoms with van der Waals surface area (Å²) < 4.78 is 13.3. The van der Waals surface area contributed by atoms with Crippen molar-refractivity contribution in [3.8, 4) is 11.3 Å². The summed E-state index contributed by atoms with van der Waals surface area (Å²) in [5, 5.41) is 9.58. The van der Waals surface area contributed by atoms with Crippen LogP contribution in [0.4, 0.5) is 4.39 Å². The molecule has 1 aromatic carbocycles. The summed E-state index contributed by atoms with van der Waals surface area (Å²) in [4.78, 5) is 7.87. The van der Waals surface area contributed by atoms with Crippen LogP contribution in [0.25, 0.3) is 11.3 Å². The highest BCUT2D eigenvalue weighted by atomic mass is 19.1. The Morgan fingerprint density at radius 1 is 1.42 bits per heavy atom. The van der Waals surface area contributed by atoms with Gasteiger partial charge in [-0.15, -0.1) is 0 Å². The van der Waals surface area contributed by atoms with Crippen LogP contribution < -0.4 is 0 Å². The molecule has 1 aromatic heterocycles. The Balaban J connectivity index is 2.02. The van der Waals surface area contributed by atoms with Crippen LogP contribution in [0.3, 0.4) is 0 Å². The summed E-state index contributed by atoms with van der Waals surface area (Å²) in [6.07, 6.45) is 3.04. The van der Waals surface area contributed by atoms with Gasteiger partial charge in [0.25, 0.3) is 0 Å². The Morgan fingerprint density at radius 2 is 2.21 bits per heavy atom. The normalized spacial score (nSPS) is 17.2. The zero-order valence-electron chi connectivity index (χ0n) is 10.9. The quantitative estimate of drug-likeness (QED) is 0.891. The molecule has 3 nitrogen and oxygen atoms in total. The maximum Gasteiger partial charge on any atom is 0.123 e. The fourth-order valence-corrected chi connectivity index (χ4v) is 2.70. The fourth-order valence-electron chi connectivity index (χ4n) is 2.70. The summed E-state index contributed by atoms with van der Waals surface area (Å²) in [7, 11) is 0. The second kappa shape index (κ2) is 4.46. The molecule has 0 aliphatic heterocycles. The number of aliphatic hydroxyl groups is 1. The Morgan fingerprint density at radius 3 is 2.79 bits per heavy atom. The van der Waals surface area contributed by atoms with E-state index in [9.17, 15) is 9.50 Å². The van der Waals surface area contributed by atoms with E-state index in [0.717, 1.165) is 42.0 Å². The molecule has 0 bridgehead atoms. The second-order valence-electron chi connectivity index (χ2n) is 5.36. The van der Waals surface area contributed by atoms with Crippen molar-refractivity contribution in [1.29, 1.82) is 0 Å². The first-order chi connectivity index (χ1) is 9.14. The maximum absolute atomic E-state index is 13.3. The topological polar surface area (TPSA) is 48.9 Å². The average molecular weight is 260 g/mol. The molecule has 2 N–H and O–H groups in total. The first-order valence-electron chi connectivity index (χ1n) is 6.58. The molecule has 1 aliphatic rings. The number of aromatic nitrogens is 2. The van der Waals surface area contributed by atoms with E-state index < -0.39 is 0 Å². The number of nitrogens with one attached hydrogen (secondary N) is 1. The lowest BCUT2D eigenvalue weighted by molar-refractivity contribution is 0.113. The highest BCUT2D eigenvalue weighted by molar-refractivity contribution is 5.62. The number of rotatable bonds is 3. The Bertz CT molecular complexity index is 596. The number of halogens is 1. The van der Waals surface area contributed by atoms with E-state index in [1.54, 1.807) is 6.07 Å². The van der Waals surface area contributed by atoms with Gasteiger partial charge in [-0.2, -0.15) is 0 Å². The molecule has 19 heavy (non-hydrogen) atoms. The van der Waals surface area contributed by atoms with Crippen molar-refractivity contribution >= 4 is 0 Å². The maximum atomic E-state index is 13.3. The van der Waals surface area contributed by atoms with Gasteiger partial charge in [-0.25, -0.2) is 9.37 Å². The highest BCUT2D eigenvalue weighted by Crippen LogP contribution is 2.42. The lowest BCUT2D eigenvalue weighted by Gasteiger charge is -2.38. The number of hydrogen-bond acceptors (Lipinski definition) is 2. The third-order valence-electron chi connectivity index (χ3n) is 4.10. The largest absolute Gasteiger partial charge is 0.395 e. The third kappa shape index (κ3) is 1.96. The van der Waals surface area contributed by atoms with Crippen molar-refractivity contribution in [3.63, 3.8) is 0 Å². The van der Waals surface area contributed by atoms with Gasteiger partial charge in [0.2, 0.25) is 0 Å². The summed E-state index contributed by atoms with van der Waals surface area (Å²) >= 11 is 0. The first kappa shape index (κ1) is 12.4. The highest BCUT2D eigenvalue weighted by Gasteiger charge is 2.41. The van der Waals surface area contributed by atoms with Crippen LogP contribution in [0.2, 0.25) is 0 Å². The minimum atomic E-state index is -0.262. The van der Waals surface area contributed by atoms with Gasteiger partial charge in [-0.3, -0.25) is 0 Å². The van der Waals surface area contributed by atoms with Gasteiger partial charge in [0.15, 0.2) is 0 Å². The fraction of sp³-hybridized carbons (Fsp3) is 0.400. The number of benzene rings is 1. The molecular formula is C15H17FN2O. The minimum Gasteiger partial charge on any atom is -0.395 e. The van der Waals surface area contributed by atoms with Gasteiger partial charge in [0, 0.05) is 11.3 Å². The number of aliphatic hydroxyl groups excluding tert-OH is 1. The van der Waals surface area contributed by atoms with E-state index >= 15 is 0 Å². The first-order valence-corrected chi connectivity index (χ1v) is 6.58. The zero-order valence-corrected chi connectivity index (χ0v) is 10.9. The van der Waals surface area contributed by atoms with Crippen molar-refractivity contribution in [1.82, 2.24) is 9.97 Å². The number of H-pyrrole nitrogens is 1. The van der Waals surface area contributed by atoms with Gasteiger partial charge < -0.3 is 10.1 Å². The second-order valence-corrected chi connectivity index (χ2v) is 5.36. The summed E-state index contributed by atoms with van der Waals surface area (Å²) in [5.41, 5.74) is 2.25. The van der Waals surface area contributed by atoms with Crippen LogP contribution in [0.15, 0.2) is 24.3 Å². The molecule has 0 radical (unpaired) electrons. The van der Waals surface area contributed by atoms with Crippen LogP contribution in [0.1, 0.15) is 30.8 Å². The SMILES string of the molecule is Cc1[nH]c(C2(CO)CCC2)nc1-c1cccc(F)c1. The predicted octanol–water partition coefficient (Wildman–Crippen LogP) is 2.94.